The van der Waals surface area contributed by atoms with E-state index in [2.05, 4.69) is 20.8 Å². The fourth-order valence-electron chi connectivity index (χ4n) is 2.71. The van der Waals surface area contributed by atoms with Crippen molar-refractivity contribution in [2.75, 3.05) is 0 Å². The van der Waals surface area contributed by atoms with Crippen molar-refractivity contribution in [1.29, 1.82) is 0 Å². The summed E-state index contributed by atoms with van der Waals surface area (Å²) in [7, 11) is 0. The minimum atomic E-state index is -0.128. The summed E-state index contributed by atoms with van der Waals surface area (Å²) in [6, 6.07) is 0. The highest BCUT2D eigenvalue weighted by atomic mass is 16.5. The largest absolute Gasteiger partial charge is 0.462 e. The van der Waals surface area contributed by atoms with Crippen LogP contribution >= 0.6 is 0 Å². The summed E-state index contributed by atoms with van der Waals surface area (Å²) < 4.78 is 5.61. The van der Waals surface area contributed by atoms with Crippen LogP contribution < -0.4 is 0 Å². The molecule has 0 radical (unpaired) electrons. The molecular weight excluding hydrogens is 200 g/mol. The number of rotatable bonds is 4. The van der Waals surface area contributed by atoms with Crippen LogP contribution in [0.4, 0.5) is 0 Å². The quantitative estimate of drug-likeness (QED) is 0.679. The predicted octanol–water partition coefficient (Wildman–Crippen LogP) is 3.93. The molecule has 0 N–H and O–H groups in total. The van der Waals surface area contributed by atoms with E-state index in [9.17, 15) is 4.79 Å². The van der Waals surface area contributed by atoms with Crippen molar-refractivity contribution in [1.82, 2.24) is 0 Å². The summed E-state index contributed by atoms with van der Waals surface area (Å²) in [6.07, 6.45) is 7.54. The van der Waals surface area contributed by atoms with Gasteiger partial charge in [0.1, 0.15) is 6.10 Å². The molecule has 1 fully saturated rings. The number of esters is 1. The van der Waals surface area contributed by atoms with Gasteiger partial charge in [0.15, 0.2) is 0 Å². The Morgan fingerprint density at radius 3 is 2.31 bits per heavy atom. The summed E-state index contributed by atoms with van der Waals surface area (Å²) in [5, 5.41) is 0. The van der Waals surface area contributed by atoms with Gasteiger partial charge < -0.3 is 4.74 Å². The van der Waals surface area contributed by atoms with Crippen molar-refractivity contribution in [3.8, 4) is 0 Å². The number of ether oxygens (including phenoxy) is 1. The summed E-state index contributed by atoms with van der Waals surface area (Å²) in [4.78, 5) is 11.2. The first-order valence-corrected chi connectivity index (χ1v) is 6.64. The van der Waals surface area contributed by atoms with Gasteiger partial charge in [0, 0.05) is 12.3 Å². The van der Waals surface area contributed by atoms with Gasteiger partial charge in [-0.1, -0.05) is 40.0 Å². The van der Waals surface area contributed by atoms with E-state index >= 15 is 0 Å². The zero-order valence-corrected chi connectivity index (χ0v) is 11.2. The second kappa shape index (κ2) is 5.70. The normalized spacial score (nSPS) is 20.5. The van der Waals surface area contributed by atoms with Crippen LogP contribution in [0.15, 0.2) is 0 Å². The Morgan fingerprint density at radius 1 is 1.31 bits per heavy atom. The first kappa shape index (κ1) is 13.5. The molecule has 1 unspecified atom stereocenters. The van der Waals surface area contributed by atoms with E-state index in [1.54, 1.807) is 0 Å². The van der Waals surface area contributed by atoms with Gasteiger partial charge in [-0.15, -0.1) is 0 Å². The smallest absolute Gasteiger partial charge is 0.302 e. The number of carbonyl (C=O) groups excluding carboxylic acids is 1. The molecule has 1 aliphatic carbocycles. The Kier molecular flexibility index (Phi) is 4.82. The monoisotopic (exact) mass is 226 g/mol. The highest BCUT2D eigenvalue weighted by Crippen LogP contribution is 2.38. The maximum atomic E-state index is 11.2. The van der Waals surface area contributed by atoms with E-state index in [-0.39, 0.29) is 17.5 Å². The molecule has 2 nitrogen and oxygen atoms in total. The first-order valence-electron chi connectivity index (χ1n) is 6.64. The molecule has 0 aromatic rings. The van der Waals surface area contributed by atoms with Gasteiger partial charge in [-0.25, -0.2) is 0 Å². The third-order valence-electron chi connectivity index (χ3n) is 4.05. The van der Waals surface area contributed by atoms with Gasteiger partial charge in [-0.3, -0.25) is 4.79 Å². The molecule has 1 saturated carbocycles. The molecular formula is C14H26O2. The highest BCUT2D eigenvalue weighted by Gasteiger charge is 2.37. The van der Waals surface area contributed by atoms with E-state index in [4.69, 9.17) is 4.74 Å². The number of carbonyl (C=O) groups is 1. The Bertz CT molecular complexity index is 227. The van der Waals surface area contributed by atoms with Crippen LogP contribution in [0.3, 0.4) is 0 Å². The zero-order valence-electron chi connectivity index (χ0n) is 11.2. The SMILES string of the molecule is CCC(C)(C)C(OC(C)=O)C1CCCCC1. The van der Waals surface area contributed by atoms with Crippen LogP contribution in [0, 0.1) is 11.3 Å². The molecule has 16 heavy (non-hydrogen) atoms. The van der Waals surface area contributed by atoms with Crippen LogP contribution in [0.2, 0.25) is 0 Å². The van der Waals surface area contributed by atoms with Crippen LogP contribution in [-0.2, 0) is 9.53 Å². The molecule has 0 aliphatic heterocycles. The van der Waals surface area contributed by atoms with E-state index in [1.807, 2.05) is 0 Å². The fraction of sp³-hybridized carbons (Fsp3) is 0.929. The summed E-state index contributed by atoms with van der Waals surface area (Å²) in [5.74, 6) is 0.449. The second-order valence-electron chi connectivity index (χ2n) is 5.77. The highest BCUT2D eigenvalue weighted by molar-refractivity contribution is 5.66. The Hall–Kier alpha value is -0.530. The van der Waals surface area contributed by atoms with Crippen molar-refractivity contribution >= 4 is 5.97 Å². The van der Waals surface area contributed by atoms with E-state index in [1.165, 1.54) is 39.0 Å². The lowest BCUT2D eigenvalue weighted by Crippen LogP contribution is -2.40. The van der Waals surface area contributed by atoms with E-state index < -0.39 is 0 Å². The van der Waals surface area contributed by atoms with Crippen molar-refractivity contribution < 1.29 is 9.53 Å². The minimum Gasteiger partial charge on any atom is -0.462 e. The average molecular weight is 226 g/mol. The van der Waals surface area contributed by atoms with Crippen molar-refractivity contribution in [2.24, 2.45) is 11.3 Å². The van der Waals surface area contributed by atoms with Gasteiger partial charge in [-0.05, 0) is 25.2 Å². The maximum Gasteiger partial charge on any atom is 0.302 e. The molecule has 0 saturated heterocycles. The topological polar surface area (TPSA) is 26.3 Å². The van der Waals surface area contributed by atoms with Crippen LogP contribution in [0.1, 0.15) is 66.2 Å². The van der Waals surface area contributed by atoms with E-state index in [0.29, 0.717) is 5.92 Å². The lowest BCUT2D eigenvalue weighted by atomic mass is 9.72. The maximum absolute atomic E-state index is 11.2. The lowest BCUT2D eigenvalue weighted by Gasteiger charge is -2.39. The molecule has 0 amide bonds. The van der Waals surface area contributed by atoms with Gasteiger partial charge in [0.2, 0.25) is 0 Å². The Labute approximate surface area is 99.8 Å². The third-order valence-corrected chi connectivity index (χ3v) is 4.05. The predicted molar refractivity (Wildman–Crippen MR) is 66.2 cm³/mol. The summed E-state index contributed by atoms with van der Waals surface area (Å²) in [5.41, 5.74) is 0.105. The molecule has 0 heterocycles. The number of hydrogen-bond donors (Lipinski definition) is 0. The summed E-state index contributed by atoms with van der Waals surface area (Å²) in [6.45, 7) is 8.14. The lowest BCUT2D eigenvalue weighted by molar-refractivity contribution is -0.158. The standard InChI is InChI=1S/C14H26O2/c1-5-14(3,4)13(16-11(2)15)12-9-7-6-8-10-12/h12-13H,5-10H2,1-4H3. The van der Waals surface area contributed by atoms with Crippen molar-refractivity contribution in [3.63, 3.8) is 0 Å². The minimum absolute atomic E-state index is 0.105. The molecule has 94 valence electrons. The van der Waals surface area contributed by atoms with Crippen LogP contribution in [0.5, 0.6) is 0 Å². The molecule has 1 rings (SSSR count). The van der Waals surface area contributed by atoms with Crippen LogP contribution in [-0.4, -0.2) is 12.1 Å². The molecule has 2 heteroatoms. The zero-order chi connectivity index (χ0) is 12.2. The number of hydrogen-bond acceptors (Lipinski definition) is 2. The van der Waals surface area contributed by atoms with Crippen LogP contribution in [0.25, 0.3) is 0 Å². The first-order chi connectivity index (χ1) is 7.47. The second-order valence-corrected chi connectivity index (χ2v) is 5.77. The van der Waals surface area contributed by atoms with Crippen molar-refractivity contribution in [3.05, 3.63) is 0 Å². The van der Waals surface area contributed by atoms with E-state index in [0.717, 1.165) is 6.42 Å². The van der Waals surface area contributed by atoms with Gasteiger partial charge >= 0.3 is 5.97 Å². The average Bonchev–Trinajstić information content (AvgIpc) is 2.27. The fourth-order valence-corrected chi connectivity index (χ4v) is 2.71. The van der Waals surface area contributed by atoms with Gasteiger partial charge in [0.25, 0.3) is 0 Å². The molecule has 0 bridgehead atoms. The molecule has 0 spiro atoms. The molecule has 0 aromatic carbocycles. The van der Waals surface area contributed by atoms with Gasteiger partial charge in [-0.2, -0.15) is 0 Å². The summed E-state index contributed by atoms with van der Waals surface area (Å²) >= 11 is 0. The molecule has 1 aliphatic rings. The molecule has 0 aromatic heterocycles. The Balaban J connectivity index is 2.72. The third kappa shape index (κ3) is 3.50. The Morgan fingerprint density at radius 2 is 1.88 bits per heavy atom. The van der Waals surface area contributed by atoms with Crippen molar-refractivity contribution in [2.45, 2.75) is 72.3 Å². The molecule has 1 atom stereocenters. The van der Waals surface area contributed by atoms with Gasteiger partial charge in [0.05, 0.1) is 0 Å².